The minimum atomic E-state index is -3.92. The lowest BCUT2D eigenvalue weighted by atomic mass is 10.2. The Hall–Kier alpha value is -2.87. The molecule has 0 unspecified atom stereocenters. The summed E-state index contributed by atoms with van der Waals surface area (Å²) in [5.41, 5.74) is 0.947. The van der Waals surface area contributed by atoms with Gasteiger partial charge in [0.25, 0.3) is 10.0 Å². The van der Waals surface area contributed by atoms with Crippen LogP contribution in [-0.4, -0.2) is 14.3 Å². The number of amides is 1. The number of benzene rings is 3. The normalized spacial score (nSPS) is 11.4. The number of nitrogens with one attached hydrogen (secondary N) is 2. The first-order chi connectivity index (χ1) is 14.2. The third-order valence-corrected chi connectivity index (χ3v) is 5.84. The predicted molar refractivity (Wildman–Crippen MR) is 118 cm³/mol. The number of halogens is 3. The van der Waals surface area contributed by atoms with Crippen molar-refractivity contribution in [1.82, 2.24) is 0 Å². The Morgan fingerprint density at radius 3 is 2.40 bits per heavy atom. The average molecular weight is 465 g/mol. The molecule has 3 rings (SSSR count). The predicted octanol–water partition coefficient (Wildman–Crippen LogP) is 5.59. The summed E-state index contributed by atoms with van der Waals surface area (Å²) in [6.07, 6.45) is 2.62. The minimum Gasteiger partial charge on any atom is -0.321 e. The van der Waals surface area contributed by atoms with E-state index >= 15 is 0 Å². The van der Waals surface area contributed by atoms with E-state index in [1.165, 1.54) is 60.7 Å². The zero-order valence-electron chi connectivity index (χ0n) is 15.3. The summed E-state index contributed by atoms with van der Waals surface area (Å²) in [7, 11) is -3.92. The van der Waals surface area contributed by atoms with Crippen molar-refractivity contribution in [2.24, 2.45) is 0 Å². The van der Waals surface area contributed by atoms with E-state index < -0.39 is 21.7 Å². The maximum absolute atomic E-state index is 13.2. The van der Waals surface area contributed by atoms with Crippen LogP contribution in [0.1, 0.15) is 5.56 Å². The molecule has 0 spiro atoms. The van der Waals surface area contributed by atoms with Gasteiger partial charge in [-0.2, -0.15) is 0 Å². The molecule has 1 amide bonds. The highest BCUT2D eigenvalue weighted by molar-refractivity contribution is 7.92. The Morgan fingerprint density at radius 2 is 1.70 bits per heavy atom. The van der Waals surface area contributed by atoms with Crippen LogP contribution in [0.2, 0.25) is 10.0 Å². The third kappa shape index (κ3) is 5.82. The van der Waals surface area contributed by atoms with E-state index in [0.717, 1.165) is 0 Å². The minimum absolute atomic E-state index is 0.0914. The Bertz CT molecular complexity index is 1210. The van der Waals surface area contributed by atoms with Crippen LogP contribution in [0.5, 0.6) is 0 Å². The first-order valence-corrected chi connectivity index (χ1v) is 10.8. The number of hydrogen-bond donors (Lipinski definition) is 2. The first-order valence-electron chi connectivity index (χ1n) is 8.55. The molecule has 0 bridgehead atoms. The van der Waals surface area contributed by atoms with E-state index in [1.807, 2.05) is 0 Å². The second-order valence-corrected chi connectivity index (χ2v) is 8.66. The van der Waals surface area contributed by atoms with Crippen molar-refractivity contribution < 1.29 is 17.6 Å². The molecule has 0 aliphatic carbocycles. The van der Waals surface area contributed by atoms with E-state index in [9.17, 15) is 17.6 Å². The number of carbonyl (C=O) groups excluding carboxylic acids is 1. The Labute approximate surface area is 183 Å². The quantitative estimate of drug-likeness (QED) is 0.467. The van der Waals surface area contributed by atoms with Crippen LogP contribution in [0.15, 0.2) is 77.7 Å². The largest absolute Gasteiger partial charge is 0.321 e. The van der Waals surface area contributed by atoms with Gasteiger partial charge in [-0.1, -0.05) is 35.3 Å². The molecule has 0 aliphatic heterocycles. The summed E-state index contributed by atoms with van der Waals surface area (Å²) < 4.78 is 40.9. The molecule has 3 aromatic carbocycles. The molecule has 2 N–H and O–H groups in total. The monoisotopic (exact) mass is 464 g/mol. The molecule has 30 heavy (non-hydrogen) atoms. The van der Waals surface area contributed by atoms with E-state index in [4.69, 9.17) is 23.2 Å². The molecular formula is C21H15Cl2FN2O3S. The molecule has 3 aromatic rings. The van der Waals surface area contributed by atoms with E-state index in [-0.39, 0.29) is 15.6 Å². The van der Waals surface area contributed by atoms with Gasteiger partial charge < -0.3 is 5.32 Å². The molecule has 0 radical (unpaired) electrons. The van der Waals surface area contributed by atoms with Gasteiger partial charge in [0.05, 0.1) is 15.6 Å². The Balaban J connectivity index is 1.77. The van der Waals surface area contributed by atoms with Crippen molar-refractivity contribution in [3.05, 3.63) is 94.2 Å². The maximum atomic E-state index is 13.2. The summed E-state index contributed by atoms with van der Waals surface area (Å²) in [5, 5.41) is 3.15. The van der Waals surface area contributed by atoms with E-state index in [2.05, 4.69) is 10.0 Å². The van der Waals surface area contributed by atoms with Crippen LogP contribution in [0.4, 0.5) is 15.8 Å². The van der Waals surface area contributed by atoms with Gasteiger partial charge in [0.1, 0.15) is 5.82 Å². The topological polar surface area (TPSA) is 75.3 Å². The smallest absolute Gasteiger partial charge is 0.261 e. The average Bonchev–Trinajstić information content (AvgIpc) is 2.69. The van der Waals surface area contributed by atoms with E-state index in [1.54, 1.807) is 18.2 Å². The standard InChI is InChI=1S/C21H15Cl2FN2O3S/c22-15-5-7-17(8-6-15)26-30(28,29)18-9-10-19(23)20(13-18)25-21(27)11-4-14-2-1-3-16(24)12-14/h1-13,26H,(H,25,27)/b11-4+. The zero-order valence-corrected chi connectivity index (χ0v) is 17.6. The van der Waals surface area contributed by atoms with Crippen molar-refractivity contribution in [3.8, 4) is 0 Å². The summed E-state index contributed by atoms with van der Waals surface area (Å²) in [6.45, 7) is 0. The van der Waals surface area contributed by atoms with Crippen molar-refractivity contribution in [3.63, 3.8) is 0 Å². The zero-order chi connectivity index (χ0) is 21.7. The maximum Gasteiger partial charge on any atom is 0.261 e. The van der Waals surface area contributed by atoms with Crippen molar-refractivity contribution in [1.29, 1.82) is 0 Å². The second-order valence-electron chi connectivity index (χ2n) is 6.13. The van der Waals surface area contributed by atoms with Crippen LogP contribution in [0.25, 0.3) is 6.08 Å². The van der Waals surface area contributed by atoms with Crippen LogP contribution in [-0.2, 0) is 14.8 Å². The van der Waals surface area contributed by atoms with Crippen molar-refractivity contribution >= 4 is 56.6 Å². The van der Waals surface area contributed by atoms with Crippen molar-refractivity contribution in [2.75, 3.05) is 10.0 Å². The third-order valence-electron chi connectivity index (χ3n) is 3.88. The summed E-state index contributed by atoms with van der Waals surface area (Å²) >= 11 is 11.9. The van der Waals surface area contributed by atoms with Crippen molar-refractivity contribution in [2.45, 2.75) is 4.90 Å². The fourth-order valence-electron chi connectivity index (χ4n) is 2.46. The number of hydrogen-bond acceptors (Lipinski definition) is 3. The van der Waals surface area contributed by atoms with Crippen LogP contribution in [0, 0.1) is 5.82 Å². The highest BCUT2D eigenvalue weighted by Gasteiger charge is 2.17. The van der Waals surface area contributed by atoms with Gasteiger partial charge in [0.15, 0.2) is 0 Å². The molecule has 9 heteroatoms. The molecule has 0 saturated heterocycles. The fraction of sp³-hybridized carbons (Fsp3) is 0. The molecule has 0 fully saturated rings. The highest BCUT2D eigenvalue weighted by atomic mass is 35.5. The number of rotatable bonds is 6. The van der Waals surface area contributed by atoms with Gasteiger partial charge in [-0.05, 0) is 66.2 Å². The van der Waals surface area contributed by atoms with Crippen LogP contribution < -0.4 is 10.0 Å². The number of carbonyl (C=O) groups is 1. The molecular weight excluding hydrogens is 450 g/mol. The van der Waals surface area contributed by atoms with Gasteiger partial charge in [-0.15, -0.1) is 0 Å². The first kappa shape index (κ1) is 21.8. The summed E-state index contributed by atoms with van der Waals surface area (Å²) in [4.78, 5) is 12.1. The van der Waals surface area contributed by atoms with Gasteiger partial charge in [-0.25, -0.2) is 12.8 Å². The number of sulfonamides is 1. The van der Waals surface area contributed by atoms with Gasteiger partial charge >= 0.3 is 0 Å². The molecule has 0 aliphatic rings. The molecule has 154 valence electrons. The van der Waals surface area contributed by atoms with Crippen LogP contribution >= 0.6 is 23.2 Å². The molecule has 0 atom stereocenters. The lowest BCUT2D eigenvalue weighted by Crippen LogP contribution is -2.14. The SMILES string of the molecule is O=C(/C=C/c1cccc(F)c1)Nc1cc(S(=O)(=O)Nc2ccc(Cl)cc2)ccc1Cl. The molecule has 0 aromatic heterocycles. The van der Waals surface area contributed by atoms with Gasteiger partial charge in [-0.3, -0.25) is 9.52 Å². The molecule has 0 heterocycles. The van der Waals surface area contributed by atoms with Crippen LogP contribution in [0.3, 0.4) is 0 Å². The highest BCUT2D eigenvalue weighted by Crippen LogP contribution is 2.27. The van der Waals surface area contributed by atoms with Gasteiger partial charge in [0, 0.05) is 16.8 Å². The molecule has 0 saturated carbocycles. The summed E-state index contributed by atoms with van der Waals surface area (Å²) in [6, 6.07) is 15.8. The summed E-state index contributed by atoms with van der Waals surface area (Å²) in [5.74, 6) is -0.979. The molecule has 5 nitrogen and oxygen atoms in total. The lowest BCUT2D eigenvalue weighted by Gasteiger charge is -2.11. The Kier molecular flexibility index (Phi) is 6.77. The number of anilines is 2. The van der Waals surface area contributed by atoms with E-state index in [0.29, 0.717) is 16.3 Å². The second kappa shape index (κ2) is 9.30. The fourth-order valence-corrected chi connectivity index (χ4v) is 3.83. The Morgan fingerprint density at radius 1 is 0.967 bits per heavy atom. The lowest BCUT2D eigenvalue weighted by molar-refractivity contribution is -0.111. The van der Waals surface area contributed by atoms with Gasteiger partial charge in [0.2, 0.25) is 5.91 Å².